The van der Waals surface area contributed by atoms with Gasteiger partial charge in [0.2, 0.25) is 11.8 Å². The summed E-state index contributed by atoms with van der Waals surface area (Å²) >= 11 is 6.41. The van der Waals surface area contributed by atoms with Gasteiger partial charge in [-0.05, 0) is 74.7 Å². The van der Waals surface area contributed by atoms with Crippen LogP contribution in [-0.2, 0) is 26.2 Å². The molecular formula is C31H38ClN3O5S. The number of carbonyl (C=O) groups excluding carboxylic acids is 2. The molecule has 1 atom stereocenters. The average molecular weight is 600 g/mol. The number of nitrogens with one attached hydrogen (secondary N) is 1. The second kappa shape index (κ2) is 14.4. The fourth-order valence-electron chi connectivity index (χ4n) is 4.09. The van der Waals surface area contributed by atoms with E-state index in [1.54, 1.807) is 67.6 Å². The lowest BCUT2D eigenvalue weighted by Gasteiger charge is -2.32. The number of nitrogens with zero attached hydrogens (tertiary/aromatic N) is 2. The number of hydrogen-bond donors (Lipinski definition) is 1. The smallest absolute Gasteiger partial charge is 0.264 e. The quantitative estimate of drug-likeness (QED) is 0.283. The van der Waals surface area contributed by atoms with Crippen molar-refractivity contribution in [3.8, 4) is 5.75 Å². The van der Waals surface area contributed by atoms with E-state index < -0.39 is 28.5 Å². The number of amides is 2. The van der Waals surface area contributed by atoms with Crippen LogP contribution in [0.4, 0.5) is 5.69 Å². The zero-order valence-corrected chi connectivity index (χ0v) is 25.7. The molecule has 0 radical (unpaired) electrons. The van der Waals surface area contributed by atoms with E-state index >= 15 is 0 Å². The SMILES string of the molecule is CCOc1ccc(S(=O)(=O)N(CC(=O)N(Cc2ccccc2Cl)[C@H](C)C(=O)NCC(C)C)c2ccc(C)cc2)cc1. The fourth-order valence-corrected chi connectivity index (χ4v) is 5.70. The molecular weight excluding hydrogens is 562 g/mol. The van der Waals surface area contributed by atoms with Gasteiger partial charge >= 0.3 is 0 Å². The van der Waals surface area contributed by atoms with E-state index in [-0.39, 0.29) is 23.3 Å². The summed E-state index contributed by atoms with van der Waals surface area (Å²) in [6.45, 7) is 9.70. The molecule has 41 heavy (non-hydrogen) atoms. The number of anilines is 1. The minimum absolute atomic E-state index is 0.00899. The lowest BCUT2D eigenvalue weighted by atomic mass is 10.1. The summed E-state index contributed by atoms with van der Waals surface area (Å²) < 4.78 is 34.4. The first-order chi connectivity index (χ1) is 19.4. The summed E-state index contributed by atoms with van der Waals surface area (Å²) in [4.78, 5) is 28.4. The molecule has 8 nitrogen and oxygen atoms in total. The van der Waals surface area contributed by atoms with Gasteiger partial charge in [-0.2, -0.15) is 0 Å². The molecule has 3 rings (SSSR count). The van der Waals surface area contributed by atoms with Crippen molar-refractivity contribution >= 4 is 39.1 Å². The summed E-state index contributed by atoms with van der Waals surface area (Å²) in [6.07, 6.45) is 0. The molecule has 10 heteroatoms. The number of benzene rings is 3. The summed E-state index contributed by atoms with van der Waals surface area (Å²) in [7, 11) is -4.17. The Morgan fingerprint density at radius 1 is 0.951 bits per heavy atom. The van der Waals surface area contributed by atoms with Crippen LogP contribution < -0.4 is 14.4 Å². The first kappa shape index (κ1) is 32.0. The van der Waals surface area contributed by atoms with Crippen LogP contribution in [0.25, 0.3) is 0 Å². The topological polar surface area (TPSA) is 96.0 Å². The Bertz CT molecular complexity index is 1430. The van der Waals surface area contributed by atoms with Crippen molar-refractivity contribution in [2.24, 2.45) is 5.92 Å². The molecule has 2 amide bonds. The van der Waals surface area contributed by atoms with Crippen molar-refractivity contribution in [2.45, 2.75) is 52.1 Å². The number of carbonyl (C=O) groups is 2. The first-order valence-corrected chi connectivity index (χ1v) is 15.4. The van der Waals surface area contributed by atoms with E-state index in [2.05, 4.69) is 5.32 Å². The lowest BCUT2D eigenvalue weighted by molar-refractivity contribution is -0.139. The molecule has 0 saturated heterocycles. The van der Waals surface area contributed by atoms with Crippen LogP contribution in [0, 0.1) is 12.8 Å². The molecule has 3 aromatic carbocycles. The van der Waals surface area contributed by atoms with Crippen LogP contribution in [0.2, 0.25) is 5.02 Å². The van der Waals surface area contributed by atoms with E-state index in [1.807, 2.05) is 27.7 Å². The Kier molecular flexibility index (Phi) is 11.2. The first-order valence-electron chi connectivity index (χ1n) is 13.6. The highest BCUT2D eigenvalue weighted by molar-refractivity contribution is 7.92. The molecule has 0 spiro atoms. The maximum Gasteiger partial charge on any atom is 0.264 e. The Morgan fingerprint density at radius 2 is 1.59 bits per heavy atom. The maximum atomic E-state index is 14.0. The van der Waals surface area contributed by atoms with Crippen LogP contribution >= 0.6 is 11.6 Å². The van der Waals surface area contributed by atoms with Gasteiger partial charge in [-0.15, -0.1) is 0 Å². The molecule has 0 bridgehead atoms. The average Bonchev–Trinajstić information content (AvgIpc) is 2.94. The Balaban J connectivity index is 2.01. The van der Waals surface area contributed by atoms with Crippen LogP contribution in [0.1, 0.15) is 38.8 Å². The van der Waals surface area contributed by atoms with Gasteiger partial charge in [0.05, 0.1) is 17.2 Å². The monoisotopic (exact) mass is 599 g/mol. The molecule has 3 aromatic rings. The predicted octanol–water partition coefficient (Wildman–Crippen LogP) is 5.43. The highest BCUT2D eigenvalue weighted by atomic mass is 35.5. The minimum atomic E-state index is -4.17. The minimum Gasteiger partial charge on any atom is -0.494 e. The maximum absolute atomic E-state index is 14.0. The van der Waals surface area contributed by atoms with Crippen LogP contribution in [-0.4, -0.2) is 50.9 Å². The standard InChI is InChI=1S/C31H38ClN3O5S/c1-6-40-27-15-17-28(18-16-27)41(38,39)35(26-13-11-23(4)12-14-26)21-30(36)34(20-25-9-7-8-10-29(25)32)24(5)31(37)33-19-22(2)3/h7-18,22,24H,6,19-21H2,1-5H3,(H,33,37)/t24-/m1/s1. The highest BCUT2D eigenvalue weighted by Gasteiger charge is 2.32. The summed E-state index contributed by atoms with van der Waals surface area (Å²) in [5.41, 5.74) is 1.91. The van der Waals surface area contributed by atoms with Crippen molar-refractivity contribution in [3.63, 3.8) is 0 Å². The molecule has 0 aliphatic carbocycles. The second-order valence-corrected chi connectivity index (χ2v) is 12.4. The molecule has 0 aromatic heterocycles. The van der Waals surface area contributed by atoms with Crippen molar-refractivity contribution < 1.29 is 22.7 Å². The van der Waals surface area contributed by atoms with Gasteiger partial charge in [0.1, 0.15) is 18.3 Å². The van der Waals surface area contributed by atoms with Gasteiger partial charge in [0.15, 0.2) is 0 Å². The highest BCUT2D eigenvalue weighted by Crippen LogP contribution is 2.27. The summed E-state index contributed by atoms with van der Waals surface area (Å²) in [5, 5.41) is 3.31. The van der Waals surface area contributed by atoms with E-state index in [4.69, 9.17) is 16.3 Å². The van der Waals surface area contributed by atoms with E-state index in [9.17, 15) is 18.0 Å². The zero-order valence-electron chi connectivity index (χ0n) is 24.1. The van der Waals surface area contributed by atoms with E-state index in [0.29, 0.717) is 35.2 Å². The molecule has 0 aliphatic heterocycles. The molecule has 0 unspecified atom stereocenters. The van der Waals surface area contributed by atoms with Crippen LogP contribution in [0.5, 0.6) is 5.75 Å². The van der Waals surface area contributed by atoms with Crippen molar-refractivity contribution in [1.82, 2.24) is 10.2 Å². The normalized spacial score (nSPS) is 12.1. The number of aryl methyl sites for hydroxylation is 1. The zero-order chi connectivity index (χ0) is 30.2. The predicted molar refractivity (Wildman–Crippen MR) is 163 cm³/mol. The Hall–Kier alpha value is -3.56. The van der Waals surface area contributed by atoms with Crippen molar-refractivity contribution in [1.29, 1.82) is 0 Å². The van der Waals surface area contributed by atoms with Gasteiger partial charge < -0.3 is 15.0 Å². The Labute approximate surface area is 248 Å². The number of rotatable bonds is 13. The second-order valence-electron chi connectivity index (χ2n) is 10.2. The molecule has 1 N–H and O–H groups in total. The molecule has 220 valence electrons. The van der Waals surface area contributed by atoms with Crippen LogP contribution in [0.15, 0.2) is 77.7 Å². The number of ether oxygens (including phenoxy) is 1. The van der Waals surface area contributed by atoms with Gasteiger partial charge in [-0.25, -0.2) is 8.42 Å². The molecule has 0 fully saturated rings. The Morgan fingerprint density at radius 3 is 2.17 bits per heavy atom. The summed E-state index contributed by atoms with van der Waals surface area (Å²) in [6, 6.07) is 19.1. The third-order valence-electron chi connectivity index (χ3n) is 6.47. The van der Waals surface area contributed by atoms with Gasteiger partial charge in [-0.3, -0.25) is 13.9 Å². The number of sulfonamides is 1. The number of hydrogen-bond acceptors (Lipinski definition) is 5. The van der Waals surface area contributed by atoms with Gasteiger partial charge in [0, 0.05) is 18.1 Å². The molecule has 0 saturated carbocycles. The van der Waals surface area contributed by atoms with Crippen molar-refractivity contribution in [2.75, 3.05) is 24.0 Å². The molecule has 0 heterocycles. The third kappa shape index (κ3) is 8.47. The third-order valence-corrected chi connectivity index (χ3v) is 8.63. The molecule has 0 aliphatic rings. The van der Waals surface area contributed by atoms with Gasteiger partial charge in [0.25, 0.3) is 10.0 Å². The van der Waals surface area contributed by atoms with Crippen molar-refractivity contribution in [3.05, 3.63) is 88.9 Å². The summed E-state index contributed by atoms with van der Waals surface area (Å²) in [5.74, 6) is -0.130. The lowest BCUT2D eigenvalue weighted by Crippen LogP contribution is -2.51. The van der Waals surface area contributed by atoms with E-state index in [1.165, 1.54) is 17.0 Å². The number of halogens is 1. The van der Waals surface area contributed by atoms with Crippen LogP contribution in [0.3, 0.4) is 0 Å². The van der Waals surface area contributed by atoms with Gasteiger partial charge in [-0.1, -0.05) is 61.3 Å². The largest absolute Gasteiger partial charge is 0.494 e. The van der Waals surface area contributed by atoms with E-state index in [0.717, 1.165) is 9.87 Å². The fraction of sp³-hybridized carbons (Fsp3) is 0.355.